The number of H-pyrrole nitrogens is 1. The molecular weight excluding hydrogens is 334 g/mol. The third-order valence-electron chi connectivity index (χ3n) is 4.14. The first-order chi connectivity index (χ1) is 12.7. The zero-order chi connectivity index (χ0) is 17.9. The fourth-order valence-corrected chi connectivity index (χ4v) is 2.78. The van der Waals surface area contributed by atoms with Crippen molar-refractivity contribution >= 4 is 22.6 Å². The molecular formula is C18H19N5O3. The zero-order valence-electron chi connectivity index (χ0n) is 14.4. The maximum Gasteiger partial charge on any atom is 0.316 e. The molecule has 0 atom stereocenters. The molecule has 8 nitrogen and oxygen atoms in total. The number of rotatable bonds is 6. The van der Waals surface area contributed by atoms with E-state index in [2.05, 4.69) is 25.3 Å². The highest BCUT2D eigenvalue weighted by atomic mass is 16.5. The van der Waals surface area contributed by atoms with Gasteiger partial charge >= 0.3 is 6.01 Å². The minimum atomic E-state index is -0.0471. The summed E-state index contributed by atoms with van der Waals surface area (Å²) in [7, 11) is 0. The van der Waals surface area contributed by atoms with Crippen LogP contribution < -0.4 is 10.1 Å². The number of fused-ring (bicyclic) bond motifs is 1. The molecule has 0 aliphatic carbocycles. The molecule has 0 aromatic carbocycles. The van der Waals surface area contributed by atoms with Crippen LogP contribution >= 0.6 is 0 Å². The van der Waals surface area contributed by atoms with Crippen LogP contribution in [0, 0.1) is 5.92 Å². The molecule has 1 aliphatic rings. The van der Waals surface area contributed by atoms with Crippen LogP contribution in [0.1, 0.15) is 13.3 Å². The highest BCUT2D eigenvalue weighted by Gasteiger charge is 2.21. The fraction of sp³-hybridized carbons (Fsp3) is 0.333. The minimum Gasteiger partial charge on any atom is -0.464 e. The predicted octanol–water partition coefficient (Wildman–Crippen LogP) is 2.39. The summed E-state index contributed by atoms with van der Waals surface area (Å²) in [6, 6.07) is 5.93. The monoisotopic (exact) mass is 353 g/mol. The first-order valence-electron chi connectivity index (χ1n) is 8.54. The summed E-state index contributed by atoms with van der Waals surface area (Å²) >= 11 is 0. The average molecular weight is 353 g/mol. The van der Waals surface area contributed by atoms with Gasteiger partial charge in [-0.05, 0) is 19.1 Å². The number of pyridine rings is 1. The van der Waals surface area contributed by atoms with E-state index in [4.69, 9.17) is 9.47 Å². The van der Waals surface area contributed by atoms with E-state index in [1.54, 1.807) is 12.4 Å². The molecule has 134 valence electrons. The van der Waals surface area contributed by atoms with Crippen LogP contribution in [0.3, 0.4) is 0 Å². The topological polar surface area (TPSA) is 102 Å². The summed E-state index contributed by atoms with van der Waals surface area (Å²) in [5.74, 6) is 0.788. The Labute approximate surface area is 150 Å². The van der Waals surface area contributed by atoms with Gasteiger partial charge in [-0.2, -0.15) is 4.98 Å². The largest absolute Gasteiger partial charge is 0.464 e. The van der Waals surface area contributed by atoms with E-state index in [1.165, 1.54) is 0 Å². The van der Waals surface area contributed by atoms with Crippen molar-refractivity contribution in [3.8, 4) is 17.4 Å². The van der Waals surface area contributed by atoms with Gasteiger partial charge in [-0.25, -0.2) is 9.97 Å². The summed E-state index contributed by atoms with van der Waals surface area (Å²) in [4.78, 5) is 28.1. The van der Waals surface area contributed by atoms with E-state index in [0.717, 1.165) is 22.3 Å². The van der Waals surface area contributed by atoms with Crippen LogP contribution in [0.25, 0.3) is 22.3 Å². The van der Waals surface area contributed by atoms with Crippen molar-refractivity contribution in [3.63, 3.8) is 0 Å². The second-order valence-electron chi connectivity index (χ2n) is 6.15. The van der Waals surface area contributed by atoms with Gasteiger partial charge in [-0.3, -0.25) is 4.79 Å². The molecule has 0 bridgehead atoms. The summed E-state index contributed by atoms with van der Waals surface area (Å²) < 4.78 is 10.4. The Bertz CT molecular complexity index is 935. The van der Waals surface area contributed by atoms with Crippen LogP contribution in [-0.2, 0) is 9.53 Å². The van der Waals surface area contributed by atoms with Gasteiger partial charge in [-0.1, -0.05) is 0 Å². The first kappa shape index (κ1) is 16.5. The predicted molar refractivity (Wildman–Crippen MR) is 95.8 cm³/mol. The van der Waals surface area contributed by atoms with Crippen molar-refractivity contribution in [1.82, 2.24) is 19.9 Å². The molecule has 0 saturated carbocycles. The number of ether oxygens (including phenoxy) is 2. The standard InChI is InChI=1S/C18H19N5O3/c1-2-26-18-19-4-3-13(22-18)15-6-12-8-20-16(7-14(12)21-15)23-17(24)5-11-9-25-10-11/h3-4,6-8,11,21H,2,5,9-10H2,1H3,(H,20,23,24). The number of amides is 1. The molecule has 1 fully saturated rings. The van der Waals surface area contributed by atoms with Crippen molar-refractivity contribution in [2.45, 2.75) is 13.3 Å². The van der Waals surface area contributed by atoms with Crippen molar-refractivity contribution < 1.29 is 14.3 Å². The molecule has 4 heterocycles. The second-order valence-corrected chi connectivity index (χ2v) is 6.15. The van der Waals surface area contributed by atoms with Crippen LogP contribution in [0.5, 0.6) is 6.01 Å². The molecule has 1 amide bonds. The second kappa shape index (κ2) is 7.09. The Morgan fingerprint density at radius 3 is 3.04 bits per heavy atom. The Hall–Kier alpha value is -3.00. The lowest BCUT2D eigenvalue weighted by Crippen LogP contribution is -2.31. The van der Waals surface area contributed by atoms with Gasteiger partial charge in [0, 0.05) is 36.2 Å². The molecule has 0 radical (unpaired) electrons. The van der Waals surface area contributed by atoms with Crippen LogP contribution in [0.4, 0.5) is 5.82 Å². The van der Waals surface area contributed by atoms with Crippen LogP contribution in [-0.4, -0.2) is 45.7 Å². The molecule has 1 saturated heterocycles. The van der Waals surface area contributed by atoms with Crippen molar-refractivity contribution in [3.05, 3.63) is 30.6 Å². The number of hydrogen-bond donors (Lipinski definition) is 2. The Morgan fingerprint density at radius 2 is 2.27 bits per heavy atom. The van der Waals surface area contributed by atoms with Crippen molar-refractivity contribution in [2.75, 3.05) is 25.1 Å². The van der Waals surface area contributed by atoms with E-state index in [0.29, 0.717) is 44.0 Å². The first-order valence-corrected chi connectivity index (χ1v) is 8.54. The fourth-order valence-electron chi connectivity index (χ4n) is 2.78. The number of hydrogen-bond acceptors (Lipinski definition) is 6. The normalized spacial score (nSPS) is 14.2. The molecule has 8 heteroatoms. The van der Waals surface area contributed by atoms with Crippen LogP contribution in [0.2, 0.25) is 0 Å². The highest BCUT2D eigenvalue weighted by molar-refractivity contribution is 5.93. The quantitative estimate of drug-likeness (QED) is 0.705. The number of aromatic amines is 1. The lowest BCUT2D eigenvalue weighted by molar-refractivity contribution is -0.121. The van der Waals surface area contributed by atoms with Gasteiger partial charge in [0.15, 0.2) is 0 Å². The summed E-state index contributed by atoms with van der Waals surface area (Å²) in [6.07, 6.45) is 3.84. The molecule has 3 aromatic heterocycles. The Kier molecular flexibility index (Phi) is 4.49. The maximum absolute atomic E-state index is 12.0. The van der Waals surface area contributed by atoms with E-state index in [9.17, 15) is 4.79 Å². The molecule has 0 spiro atoms. The highest BCUT2D eigenvalue weighted by Crippen LogP contribution is 2.25. The minimum absolute atomic E-state index is 0.0471. The lowest BCUT2D eigenvalue weighted by Gasteiger charge is -2.24. The number of nitrogens with zero attached hydrogens (tertiary/aromatic N) is 3. The number of nitrogens with one attached hydrogen (secondary N) is 2. The molecule has 0 unspecified atom stereocenters. The van der Waals surface area contributed by atoms with Crippen molar-refractivity contribution in [2.24, 2.45) is 5.92 Å². The van der Waals surface area contributed by atoms with Crippen molar-refractivity contribution in [1.29, 1.82) is 0 Å². The van der Waals surface area contributed by atoms with Gasteiger partial charge in [0.1, 0.15) is 5.82 Å². The van der Waals surface area contributed by atoms with E-state index >= 15 is 0 Å². The van der Waals surface area contributed by atoms with E-state index in [1.807, 2.05) is 25.1 Å². The van der Waals surface area contributed by atoms with Gasteiger partial charge < -0.3 is 19.8 Å². The number of carbonyl (C=O) groups is 1. The number of anilines is 1. The van der Waals surface area contributed by atoms with Gasteiger partial charge in [0.25, 0.3) is 0 Å². The summed E-state index contributed by atoms with van der Waals surface area (Å²) in [5.41, 5.74) is 2.43. The smallest absolute Gasteiger partial charge is 0.316 e. The van der Waals surface area contributed by atoms with E-state index in [-0.39, 0.29) is 5.91 Å². The van der Waals surface area contributed by atoms with Crippen LogP contribution in [0.15, 0.2) is 30.6 Å². The molecule has 1 aliphatic heterocycles. The third kappa shape index (κ3) is 3.50. The summed E-state index contributed by atoms with van der Waals surface area (Å²) in [6.45, 7) is 3.71. The van der Waals surface area contributed by atoms with Gasteiger partial charge in [0.2, 0.25) is 5.91 Å². The Morgan fingerprint density at radius 1 is 1.38 bits per heavy atom. The average Bonchev–Trinajstić information content (AvgIpc) is 3.02. The number of carbonyl (C=O) groups excluding carboxylic acids is 1. The molecule has 2 N–H and O–H groups in total. The molecule has 26 heavy (non-hydrogen) atoms. The summed E-state index contributed by atoms with van der Waals surface area (Å²) in [5, 5.41) is 3.77. The van der Waals surface area contributed by atoms with Gasteiger partial charge in [0.05, 0.1) is 36.7 Å². The SMILES string of the molecule is CCOc1nccc(-c2cc3cnc(NC(=O)CC4COC4)cc3[nH]2)n1. The Balaban J connectivity index is 1.53. The van der Waals surface area contributed by atoms with E-state index < -0.39 is 0 Å². The number of aromatic nitrogens is 4. The third-order valence-corrected chi connectivity index (χ3v) is 4.14. The molecule has 3 aromatic rings. The molecule has 4 rings (SSSR count). The zero-order valence-corrected chi connectivity index (χ0v) is 14.4. The van der Waals surface area contributed by atoms with Gasteiger partial charge in [-0.15, -0.1) is 0 Å². The maximum atomic E-state index is 12.0. The lowest BCUT2D eigenvalue weighted by atomic mass is 10.0.